The number of para-hydroxylation sites is 1. The summed E-state index contributed by atoms with van der Waals surface area (Å²) in [4.78, 5) is 16.6. The van der Waals surface area contributed by atoms with Gasteiger partial charge in [-0.3, -0.25) is 9.79 Å². The lowest BCUT2D eigenvalue weighted by molar-refractivity contribution is -0.157. The van der Waals surface area contributed by atoms with Gasteiger partial charge < -0.3 is 20.3 Å². The fourth-order valence-corrected chi connectivity index (χ4v) is 2.94. The van der Waals surface area contributed by atoms with Crippen molar-refractivity contribution < 1.29 is 22.7 Å². The summed E-state index contributed by atoms with van der Waals surface area (Å²) >= 11 is 0. The number of alkyl halides is 3. The lowest BCUT2D eigenvalue weighted by Crippen LogP contribution is -2.48. The number of fused-ring (bicyclic) bond motifs is 1. The van der Waals surface area contributed by atoms with Crippen LogP contribution in [0.3, 0.4) is 0 Å². The number of halogens is 3. The number of nitrogens with one attached hydrogen (secondary N) is 2. The van der Waals surface area contributed by atoms with E-state index in [0.717, 1.165) is 18.4 Å². The summed E-state index contributed by atoms with van der Waals surface area (Å²) in [6, 6.07) is 7.51. The zero-order chi connectivity index (χ0) is 20.2. The number of rotatable bonds is 4. The molecule has 2 rings (SSSR count). The Labute approximate surface area is 156 Å². The van der Waals surface area contributed by atoms with Gasteiger partial charge in [0, 0.05) is 26.1 Å². The van der Waals surface area contributed by atoms with Crippen molar-refractivity contribution >= 4 is 11.9 Å². The smallest absolute Gasteiger partial charge is 0.406 e. The van der Waals surface area contributed by atoms with E-state index in [2.05, 4.69) is 15.6 Å². The molecule has 1 amide bonds. The van der Waals surface area contributed by atoms with E-state index in [9.17, 15) is 18.0 Å². The van der Waals surface area contributed by atoms with E-state index in [1.807, 2.05) is 38.1 Å². The molecule has 1 unspecified atom stereocenters. The molecular formula is C18H25F3N4O2. The molecule has 9 heteroatoms. The van der Waals surface area contributed by atoms with Crippen LogP contribution in [0, 0.1) is 0 Å². The number of likely N-dealkylation sites (N-methyl/N-ethyl adjacent to an activating group) is 1. The molecule has 6 nitrogen and oxygen atoms in total. The summed E-state index contributed by atoms with van der Waals surface area (Å²) in [5, 5.41) is 6.01. The lowest BCUT2D eigenvalue weighted by atomic mass is 9.90. The van der Waals surface area contributed by atoms with Gasteiger partial charge in [0.1, 0.15) is 17.9 Å². The Kier molecular flexibility index (Phi) is 6.22. The van der Waals surface area contributed by atoms with Gasteiger partial charge >= 0.3 is 6.18 Å². The number of hydrogen-bond donors (Lipinski definition) is 2. The van der Waals surface area contributed by atoms with Crippen molar-refractivity contribution in [3.05, 3.63) is 29.8 Å². The Bertz CT molecular complexity index is 704. The highest BCUT2D eigenvalue weighted by atomic mass is 19.4. The molecule has 1 heterocycles. The summed E-state index contributed by atoms with van der Waals surface area (Å²) in [7, 11) is 2.65. The van der Waals surface area contributed by atoms with Crippen molar-refractivity contribution in [1.82, 2.24) is 15.5 Å². The SMILES string of the molecule is CN=C(NCC(=O)N(C)CC(F)(F)F)NC1CC(C)(C)Oc2ccccc21. The Morgan fingerprint density at radius 3 is 2.67 bits per heavy atom. The Morgan fingerprint density at radius 1 is 1.37 bits per heavy atom. The van der Waals surface area contributed by atoms with Crippen LogP contribution in [0.25, 0.3) is 0 Å². The molecule has 0 saturated heterocycles. The van der Waals surface area contributed by atoms with Crippen LogP contribution in [0.15, 0.2) is 29.3 Å². The molecule has 1 aliphatic heterocycles. The van der Waals surface area contributed by atoms with E-state index in [-0.39, 0.29) is 12.6 Å². The van der Waals surface area contributed by atoms with Gasteiger partial charge in [-0.15, -0.1) is 0 Å². The zero-order valence-electron chi connectivity index (χ0n) is 15.9. The van der Waals surface area contributed by atoms with E-state index in [4.69, 9.17) is 4.74 Å². The first kappa shape index (κ1) is 20.9. The highest BCUT2D eigenvalue weighted by molar-refractivity contribution is 5.86. The first-order chi connectivity index (χ1) is 12.5. The van der Waals surface area contributed by atoms with Gasteiger partial charge in [-0.1, -0.05) is 18.2 Å². The highest BCUT2D eigenvalue weighted by Gasteiger charge is 2.34. The third kappa shape index (κ3) is 6.04. The predicted molar refractivity (Wildman–Crippen MR) is 96.7 cm³/mol. The van der Waals surface area contributed by atoms with Crippen LogP contribution in [-0.4, -0.2) is 55.7 Å². The van der Waals surface area contributed by atoms with E-state index in [1.165, 1.54) is 7.05 Å². The number of aliphatic imine (C=N–C) groups is 1. The molecule has 1 aromatic carbocycles. The van der Waals surface area contributed by atoms with Crippen molar-refractivity contribution in [2.75, 3.05) is 27.2 Å². The summed E-state index contributed by atoms with van der Waals surface area (Å²) in [6.07, 6.45) is -3.77. The van der Waals surface area contributed by atoms with Crippen LogP contribution in [0.2, 0.25) is 0 Å². The summed E-state index contributed by atoms with van der Waals surface area (Å²) in [5.41, 5.74) is 0.563. The summed E-state index contributed by atoms with van der Waals surface area (Å²) in [5.74, 6) is 0.423. The van der Waals surface area contributed by atoms with Gasteiger partial charge in [0.25, 0.3) is 0 Å². The van der Waals surface area contributed by atoms with E-state index in [0.29, 0.717) is 17.3 Å². The van der Waals surface area contributed by atoms with Crippen LogP contribution < -0.4 is 15.4 Å². The van der Waals surface area contributed by atoms with E-state index < -0.39 is 24.2 Å². The van der Waals surface area contributed by atoms with Crippen molar-refractivity contribution in [1.29, 1.82) is 0 Å². The van der Waals surface area contributed by atoms with Crippen molar-refractivity contribution in [2.45, 2.75) is 38.1 Å². The first-order valence-electron chi connectivity index (χ1n) is 8.56. The lowest BCUT2D eigenvalue weighted by Gasteiger charge is -2.38. The third-order valence-electron chi connectivity index (χ3n) is 4.16. The van der Waals surface area contributed by atoms with Crippen LogP contribution in [0.5, 0.6) is 5.75 Å². The van der Waals surface area contributed by atoms with Crippen molar-refractivity contribution in [3.63, 3.8) is 0 Å². The maximum atomic E-state index is 12.4. The second-order valence-corrected chi connectivity index (χ2v) is 7.09. The fourth-order valence-electron chi connectivity index (χ4n) is 2.94. The largest absolute Gasteiger partial charge is 0.487 e. The molecule has 0 aliphatic carbocycles. The molecule has 1 aromatic rings. The zero-order valence-corrected chi connectivity index (χ0v) is 15.9. The van der Waals surface area contributed by atoms with Gasteiger partial charge in [0.05, 0.1) is 12.6 Å². The molecule has 150 valence electrons. The Morgan fingerprint density at radius 2 is 2.04 bits per heavy atom. The van der Waals surface area contributed by atoms with Crippen LogP contribution in [-0.2, 0) is 4.79 Å². The quantitative estimate of drug-likeness (QED) is 0.616. The standard InChI is InChI=1S/C18H25F3N4O2/c1-17(2)9-13(12-7-5-6-8-14(12)27-17)24-16(22-3)23-10-15(26)25(4)11-18(19,20)21/h5-8,13H,9-11H2,1-4H3,(H2,22,23,24). The van der Waals surface area contributed by atoms with E-state index in [1.54, 1.807) is 0 Å². The predicted octanol–water partition coefficient (Wildman–Crippen LogP) is 2.47. The van der Waals surface area contributed by atoms with Crippen molar-refractivity contribution in [3.8, 4) is 5.75 Å². The topological polar surface area (TPSA) is 66.0 Å². The number of carbonyl (C=O) groups excluding carboxylic acids is 1. The normalized spacial score (nSPS) is 18.9. The van der Waals surface area contributed by atoms with Gasteiger partial charge in [-0.2, -0.15) is 13.2 Å². The number of carbonyl (C=O) groups is 1. The number of benzene rings is 1. The van der Waals surface area contributed by atoms with Gasteiger partial charge in [-0.05, 0) is 19.9 Å². The number of hydrogen-bond acceptors (Lipinski definition) is 3. The van der Waals surface area contributed by atoms with Crippen LogP contribution >= 0.6 is 0 Å². The molecule has 0 fully saturated rings. The monoisotopic (exact) mass is 386 g/mol. The fraction of sp³-hybridized carbons (Fsp3) is 0.556. The van der Waals surface area contributed by atoms with Crippen LogP contribution in [0.4, 0.5) is 13.2 Å². The molecule has 0 saturated carbocycles. The summed E-state index contributed by atoms with van der Waals surface area (Å²) in [6.45, 7) is 2.37. The molecular weight excluding hydrogens is 361 g/mol. The molecule has 1 atom stereocenters. The Hall–Kier alpha value is -2.45. The van der Waals surface area contributed by atoms with Gasteiger partial charge in [0.2, 0.25) is 5.91 Å². The average Bonchev–Trinajstić information content (AvgIpc) is 2.55. The number of guanidine groups is 1. The third-order valence-corrected chi connectivity index (χ3v) is 4.16. The van der Waals surface area contributed by atoms with Gasteiger partial charge in [-0.25, -0.2) is 0 Å². The molecule has 0 spiro atoms. The molecule has 2 N–H and O–H groups in total. The van der Waals surface area contributed by atoms with Gasteiger partial charge in [0.15, 0.2) is 5.96 Å². The number of ether oxygens (including phenoxy) is 1. The summed E-state index contributed by atoms with van der Waals surface area (Å²) < 4.78 is 43.1. The maximum Gasteiger partial charge on any atom is 0.406 e. The molecule has 0 radical (unpaired) electrons. The minimum absolute atomic E-state index is 0.112. The van der Waals surface area contributed by atoms with Crippen LogP contribution in [0.1, 0.15) is 31.9 Å². The first-order valence-corrected chi connectivity index (χ1v) is 8.56. The van der Waals surface area contributed by atoms with Crippen molar-refractivity contribution in [2.24, 2.45) is 4.99 Å². The highest BCUT2D eigenvalue weighted by Crippen LogP contribution is 2.39. The minimum Gasteiger partial charge on any atom is -0.487 e. The van der Waals surface area contributed by atoms with E-state index >= 15 is 0 Å². The maximum absolute atomic E-state index is 12.4. The molecule has 27 heavy (non-hydrogen) atoms. The second-order valence-electron chi connectivity index (χ2n) is 7.09. The number of amides is 1. The Balaban J connectivity index is 2.00. The molecule has 0 bridgehead atoms. The minimum atomic E-state index is -4.43. The molecule has 0 aromatic heterocycles. The second kappa shape index (κ2) is 8.06. The number of nitrogens with zero attached hydrogens (tertiary/aromatic N) is 2. The molecule has 1 aliphatic rings. The average molecular weight is 386 g/mol.